The van der Waals surface area contributed by atoms with E-state index in [2.05, 4.69) is 201 Å². The quantitative estimate of drug-likeness (QED) is 0.164. The van der Waals surface area contributed by atoms with Crippen molar-refractivity contribution in [2.45, 2.75) is 19.3 Å². The first-order valence-corrected chi connectivity index (χ1v) is 19.2. The lowest BCUT2D eigenvalue weighted by Gasteiger charge is -2.27. The minimum Gasteiger partial charge on any atom is -0.310 e. The molecule has 0 aliphatic heterocycles. The Morgan fingerprint density at radius 3 is 1.71 bits per heavy atom. The van der Waals surface area contributed by atoms with Crippen molar-refractivity contribution in [1.82, 2.24) is 9.97 Å². The van der Waals surface area contributed by atoms with Gasteiger partial charge in [0, 0.05) is 38.9 Å². The van der Waals surface area contributed by atoms with Crippen LogP contribution in [0.1, 0.15) is 25.0 Å². The molecule has 56 heavy (non-hydrogen) atoms. The molecule has 3 nitrogen and oxygen atoms in total. The van der Waals surface area contributed by atoms with Gasteiger partial charge >= 0.3 is 0 Å². The van der Waals surface area contributed by atoms with E-state index in [0.717, 1.165) is 62.1 Å². The summed E-state index contributed by atoms with van der Waals surface area (Å²) >= 11 is 0. The molecular formula is C53H39N3. The molecule has 0 saturated heterocycles. The van der Waals surface area contributed by atoms with E-state index in [1.807, 2.05) is 18.2 Å². The van der Waals surface area contributed by atoms with Gasteiger partial charge in [-0.25, -0.2) is 9.97 Å². The van der Waals surface area contributed by atoms with Crippen molar-refractivity contribution >= 4 is 27.8 Å². The summed E-state index contributed by atoms with van der Waals surface area (Å²) in [5.74, 6) is 0.718. The lowest BCUT2D eigenvalue weighted by atomic mass is 9.82. The van der Waals surface area contributed by atoms with Crippen LogP contribution < -0.4 is 4.90 Å². The van der Waals surface area contributed by atoms with E-state index in [0.29, 0.717) is 0 Å². The fourth-order valence-electron chi connectivity index (χ4n) is 8.37. The van der Waals surface area contributed by atoms with Gasteiger partial charge in [0.25, 0.3) is 0 Å². The number of anilines is 3. The SMILES string of the molecule is CC1(C)c2ccccc2-c2ccc(-c3cc(-c4ccc(-c5ccc(N(c6ccccc6)c6cccc7ccccc67)cc5)cc4)nc(-c4ccccc4)n3)cc21. The molecule has 0 unspecified atom stereocenters. The fourth-order valence-corrected chi connectivity index (χ4v) is 8.37. The van der Waals surface area contributed by atoms with E-state index in [1.54, 1.807) is 0 Å². The molecule has 1 heterocycles. The molecule has 0 saturated carbocycles. The van der Waals surface area contributed by atoms with Gasteiger partial charge in [-0.2, -0.15) is 0 Å². The summed E-state index contributed by atoms with van der Waals surface area (Å²) in [5, 5.41) is 2.43. The third kappa shape index (κ3) is 5.86. The minimum absolute atomic E-state index is 0.0934. The van der Waals surface area contributed by atoms with Gasteiger partial charge in [0.15, 0.2) is 5.82 Å². The highest BCUT2D eigenvalue weighted by Crippen LogP contribution is 2.49. The zero-order valence-electron chi connectivity index (χ0n) is 31.4. The van der Waals surface area contributed by atoms with Crippen LogP contribution in [0.3, 0.4) is 0 Å². The Kier molecular flexibility index (Phi) is 8.15. The second-order valence-corrected chi connectivity index (χ2v) is 15.1. The fraction of sp³-hybridized carbons (Fsp3) is 0.0566. The number of benzene rings is 8. The standard InChI is InChI=1S/C53H39N3/c1-53(2)47-22-12-11-21-45(47)46-33-30-41(34-48(46)53)50-35-49(54-52(55-50)40-15-5-3-6-16-40)39-26-24-36(25-27-39)37-28-31-43(32-29-37)56(42-18-7-4-8-19-42)51-23-13-17-38-14-9-10-20-44(38)51/h3-35H,1-2H3. The molecule has 0 amide bonds. The molecule has 0 bridgehead atoms. The number of para-hydroxylation sites is 1. The molecule has 3 heteroatoms. The maximum Gasteiger partial charge on any atom is 0.160 e. The van der Waals surface area contributed by atoms with Crippen LogP contribution in [-0.2, 0) is 5.41 Å². The summed E-state index contributed by atoms with van der Waals surface area (Å²) in [6.07, 6.45) is 0. The predicted octanol–water partition coefficient (Wildman–Crippen LogP) is 14.1. The van der Waals surface area contributed by atoms with Crippen molar-refractivity contribution in [3.8, 4) is 56.2 Å². The van der Waals surface area contributed by atoms with Gasteiger partial charge < -0.3 is 4.90 Å². The average molecular weight is 718 g/mol. The smallest absolute Gasteiger partial charge is 0.160 e. The van der Waals surface area contributed by atoms with E-state index in [-0.39, 0.29) is 5.41 Å². The van der Waals surface area contributed by atoms with Crippen molar-refractivity contribution in [3.05, 3.63) is 211 Å². The molecule has 1 aromatic heterocycles. The number of hydrogen-bond acceptors (Lipinski definition) is 3. The molecule has 9 aromatic rings. The number of aromatic nitrogens is 2. The molecular weight excluding hydrogens is 679 g/mol. The Morgan fingerprint density at radius 1 is 0.393 bits per heavy atom. The van der Waals surface area contributed by atoms with Crippen LogP contribution >= 0.6 is 0 Å². The van der Waals surface area contributed by atoms with Gasteiger partial charge in [-0.1, -0.05) is 172 Å². The largest absolute Gasteiger partial charge is 0.310 e. The van der Waals surface area contributed by atoms with Crippen LogP contribution in [0.25, 0.3) is 66.9 Å². The topological polar surface area (TPSA) is 29.0 Å². The third-order valence-electron chi connectivity index (χ3n) is 11.3. The number of fused-ring (bicyclic) bond motifs is 4. The molecule has 1 aliphatic rings. The molecule has 8 aromatic carbocycles. The van der Waals surface area contributed by atoms with Crippen LogP contribution in [0.4, 0.5) is 17.1 Å². The van der Waals surface area contributed by atoms with E-state index in [4.69, 9.17) is 9.97 Å². The van der Waals surface area contributed by atoms with Crippen molar-refractivity contribution in [2.75, 3.05) is 4.90 Å². The second-order valence-electron chi connectivity index (χ2n) is 15.1. The van der Waals surface area contributed by atoms with Gasteiger partial charge in [0.2, 0.25) is 0 Å². The van der Waals surface area contributed by atoms with Crippen LogP contribution in [0, 0.1) is 0 Å². The van der Waals surface area contributed by atoms with Gasteiger partial charge in [-0.3, -0.25) is 0 Å². The Hall–Kier alpha value is -7.10. The van der Waals surface area contributed by atoms with Crippen LogP contribution in [0.15, 0.2) is 200 Å². The zero-order chi connectivity index (χ0) is 37.6. The minimum atomic E-state index is -0.0934. The summed E-state index contributed by atoms with van der Waals surface area (Å²) in [5.41, 5.74) is 15.9. The maximum absolute atomic E-state index is 5.15. The highest BCUT2D eigenvalue weighted by atomic mass is 15.1. The summed E-state index contributed by atoms with van der Waals surface area (Å²) in [7, 11) is 0. The maximum atomic E-state index is 5.15. The molecule has 266 valence electrons. The summed E-state index contributed by atoms with van der Waals surface area (Å²) in [6.45, 7) is 4.64. The number of hydrogen-bond donors (Lipinski definition) is 0. The molecule has 10 rings (SSSR count). The van der Waals surface area contributed by atoms with Crippen molar-refractivity contribution in [3.63, 3.8) is 0 Å². The number of rotatable bonds is 7. The second kappa shape index (κ2) is 13.6. The van der Waals surface area contributed by atoms with Crippen LogP contribution in [0.5, 0.6) is 0 Å². The molecule has 1 aliphatic carbocycles. The monoisotopic (exact) mass is 717 g/mol. The van der Waals surface area contributed by atoms with E-state index in [9.17, 15) is 0 Å². The van der Waals surface area contributed by atoms with Crippen LogP contribution in [0.2, 0.25) is 0 Å². The molecule has 0 N–H and O–H groups in total. The molecule has 0 radical (unpaired) electrons. The molecule has 0 atom stereocenters. The lowest BCUT2D eigenvalue weighted by Crippen LogP contribution is -2.14. The average Bonchev–Trinajstić information content (AvgIpc) is 3.50. The van der Waals surface area contributed by atoms with E-state index < -0.39 is 0 Å². The predicted molar refractivity (Wildman–Crippen MR) is 234 cm³/mol. The molecule has 0 spiro atoms. The first kappa shape index (κ1) is 33.5. The first-order valence-electron chi connectivity index (χ1n) is 19.2. The Bertz CT molecular complexity index is 2850. The summed E-state index contributed by atoms with van der Waals surface area (Å²) < 4.78 is 0. The third-order valence-corrected chi connectivity index (χ3v) is 11.3. The van der Waals surface area contributed by atoms with Gasteiger partial charge in [0.1, 0.15) is 0 Å². The van der Waals surface area contributed by atoms with Crippen LogP contribution in [-0.4, -0.2) is 9.97 Å². The normalized spacial score (nSPS) is 12.6. The van der Waals surface area contributed by atoms with Crippen molar-refractivity contribution < 1.29 is 0 Å². The van der Waals surface area contributed by atoms with E-state index >= 15 is 0 Å². The van der Waals surface area contributed by atoms with Crippen molar-refractivity contribution in [1.29, 1.82) is 0 Å². The van der Waals surface area contributed by atoms with Crippen molar-refractivity contribution in [2.24, 2.45) is 0 Å². The summed E-state index contributed by atoms with van der Waals surface area (Å²) in [4.78, 5) is 12.6. The molecule has 0 fully saturated rings. The Balaban J connectivity index is 0.998. The summed E-state index contributed by atoms with van der Waals surface area (Å²) in [6, 6.07) is 71.3. The Morgan fingerprint density at radius 2 is 0.946 bits per heavy atom. The first-order chi connectivity index (χ1) is 27.5. The van der Waals surface area contributed by atoms with Gasteiger partial charge in [-0.15, -0.1) is 0 Å². The lowest BCUT2D eigenvalue weighted by molar-refractivity contribution is 0.660. The number of nitrogens with zero attached hydrogens (tertiary/aromatic N) is 3. The highest BCUT2D eigenvalue weighted by molar-refractivity contribution is 5.99. The highest BCUT2D eigenvalue weighted by Gasteiger charge is 2.35. The Labute approximate surface area is 328 Å². The zero-order valence-corrected chi connectivity index (χ0v) is 31.4. The van der Waals surface area contributed by atoms with E-state index in [1.165, 1.54) is 33.0 Å². The van der Waals surface area contributed by atoms with Gasteiger partial charge in [0.05, 0.1) is 17.1 Å². The van der Waals surface area contributed by atoms with Gasteiger partial charge in [-0.05, 0) is 81.2 Å².